The Bertz CT molecular complexity index is 2850. The minimum atomic E-state index is 0.811. The molecule has 0 aliphatic rings. The van der Waals surface area contributed by atoms with E-state index in [2.05, 4.69) is 150 Å². The lowest BCUT2D eigenvalue weighted by Crippen LogP contribution is -2.10. The Balaban J connectivity index is 1.11. The van der Waals surface area contributed by atoms with Gasteiger partial charge in [-0.15, -0.1) is 0 Å². The van der Waals surface area contributed by atoms with Gasteiger partial charge < -0.3 is 9.32 Å². The van der Waals surface area contributed by atoms with Crippen LogP contribution in [0.1, 0.15) is 0 Å². The second kappa shape index (κ2) is 11.5. The average Bonchev–Trinajstić information content (AvgIpc) is 3.58. The molecule has 0 fully saturated rings. The molecule has 0 spiro atoms. The van der Waals surface area contributed by atoms with Gasteiger partial charge in [0.25, 0.3) is 0 Å². The summed E-state index contributed by atoms with van der Waals surface area (Å²) in [5, 5.41) is 9.66. The highest BCUT2D eigenvalue weighted by molar-refractivity contribution is 6.20. The molecule has 0 aliphatic heterocycles. The summed E-state index contributed by atoms with van der Waals surface area (Å²) in [5.74, 6) is 0. The molecule has 0 unspecified atom stereocenters. The number of pyridine rings is 1. The molecule has 3 heteroatoms. The van der Waals surface area contributed by atoms with Crippen molar-refractivity contribution in [1.82, 2.24) is 4.98 Å². The van der Waals surface area contributed by atoms with Crippen molar-refractivity contribution >= 4 is 71.3 Å². The molecule has 8 aromatic carbocycles. The molecule has 10 rings (SSSR count). The smallest absolute Gasteiger partial charge is 0.162 e. The monoisotopic (exact) mass is 638 g/mol. The van der Waals surface area contributed by atoms with Gasteiger partial charge in [-0.1, -0.05) is 133 Å². The fraction of sp³-hybridized carbons (Fsp3) is 0. The van der Waals surface area contributed by atoms with Gasteiger partial charge in [-0.3, -0.25) is 4.98 Å². The molecular formula is C47H30N2O. The topological polar surface area (TPSA) is 29.3 Å². The van der Waals surface area contributed by atoms with E-state index in [-0.39, 0.29) is 0 Å². The summed E-state index contributed by atoms with van der Waals surface area (Å²) in [7, 11) is 0. The lowest BCUT2D eigenvalue weighted by Gasteiger charge is -2.25. The largest absolute Gasteiger partial charge is 0.454 e. The molecule has 234 valence electrons. The lowest BCUT2D eigenvalue weighted by molar-refractivity contribution is 0.668. The fourth-order valence-corrected chi connectivity index (χ4v) is 7.45. The zero-order valence-corrected chi connectivity index (χ0v) is 27.1. The van der Waals surface area contributed by atoms with Crippen molar-refractivity contribution in [3.8, 4) is 22.3 Å². The molecule has 0 amide bonds. The van der Waals surface area contributed by atoms with E-state index in [0.29, 0.717) is 0 Å². The van der Waals surface area contributed by atoms with E-state index in [1.165, 1.54) is 49.0 Å². The number of hydrogen-bond donors (Lipinski definition) is 0. The predicted octanol–water partition coefficient (Wildman–Crippen LogP) is 13.2. The van der Waals surface area contributed by atoms with Gasteiger partial charge in [0, 0.05) is 28.3 Å². The Labute approximate surface area is 289 Å². The van der Waals surface area contributed by atoms with Crippen molar-refractivity contribution in [2.45, 2.75) is 0 Å². The summed E-state index contributed by atoms with van der Waals surface area (Å²) in [6.07, 6.45) is 3.81. The van der Waals surface area contributed by atoms with Crippen LogP contribution < -0.4 is 4.90 Å². The quantitative estimate of drug-likeness (QED) is 0.176. The van der Waals surface area contributed by atoms with Crippen LogP contribution in [0.2, 0.25) is 0 Å². The van der Waals surface area contributed by atoms with Crippen LogP contribution in [0, 0.1) is 0 Å². The molecule has 50 heavy (non-hydrogen) atoms. The van der Waals surface area contributed by atoms with Gasteiger partial charge >= 0.3 is 0 Å². The number of anilines is 3. The third-order valence-corrected chi connectivity index (χ3v) is 9.93. The van der Waals surface area contributed by atoms with E-state index in [9.17, 15) is 0 Å². The van der Waals surface area contributed by atoms with Gasteiger partial charge in [-0.05, 0) is 91.0 Å². The summed E-state index contributed by atoms with van der Waals surface area (Å²) in [5.41, 5.74) is 9.30. The van der Waals surface area contributed by atoms with E-state index < -0.39 is 0 Å². The summed E-state index contributed by atoms with van der Waals surface area (Å²) in [6, 6.07) is 60.6. The number of furan rings is 1. The van der Waals surface area contributed by atoms with Crippen LogP contribution in [0.5, 0.6) is 0 Å². The summed E-state index contributed by atoms with van der Waals surface area (Å²) in [4.78, 5) is 6.96. The van der Waals surface area contributed by atoms with Gasteiger partial charge in [0.2, 0.25) is 0 Å². The lowest BCUT2D eigenvalue weighted by atomic mass is 9.94. The third kappa shape index (κ3) is 4.63. The van der Waals surface area contributed by atoms with Gasteiger partial charge in [0.15, 0.2) is 5.58 Å². The molecule has 0 atom stereocenters. The van der Waals surface area contributed by atoms with E-state index in [0.717, 1.165) is 44.6 Å². The number of hydrogen-bond acceptors (Lipinski definition) is 3. The Morgan fingerprint density at radius 1 is 0.400 bits per heavy atom. The first-order valence-corrected chi connectivity index (χ1v) is 16.9. The standard InChI is InChI=1S/C47H30N2O/c1-2-8-31(9-3-1)32-20-24-38(25-21-32)49(44-30-48-29-43-41-12-6-7-13-45(41)50-47(43)44)39-26-22-33(23-27-39)37-19-16-35-15-18-36-17-14-34-10-4-5-11-40(34)46(36)42(35)28-37/h1-30H. The van der Waals surface area contributed by atoms with Gasteiger partial charge in [0.1, 0.15) is 11.3 Å². The van der Waals surface area contributed by atoms with Gasteiger partial charge in [-0.25, -0.2) is 0 Å². The van der Waals surface area contributed by atoms with E-state index in [1.54, 1.807) is 0 Å². The van der Waals surface area contributed by atoms with Crippen molar-refractivity contribution in [2.24, 2.45) is 0 Å². The average molecular weight is 639 g/mol. The summed E-state index contributed by atoms with van der Waals surface area (Å²) in [6.45, 7) is 0. The number of aromatic nitrogens is 1. The maximum atomic E-state index is 6.52. The van der Waals surface area contributed by atoms with Crippen LogP contribution in [0.15, 0.2) is 187 Å². The highest BCUT2D eigenvalue weighted by atomic mass is 16.3. The predicted molar refractivity (Wildman–Crippen MR) is 210 cm³/mol. The van der Waals surface area contributed by atoms with Crippen molar-refractivity contribution in [2.75, 3.05) is 4.90 Å². The Morgan fingerprint density at radius 3 is 1.72 bits per heavy atom. The molecule has 10 aromatic rings. The molecule has 0 saturated carbocycles. The molecule has 0 bridgehead atoms. The van der Waals surface area contributed by atoms with Crippen LogP contribution in [-0.4, -0.2) is 4.98 Å². The van der Waals surface area contributed by atoms with Crippen molar-refractivity contribution < 1.29 is 4.42 Å². The molecular weight excluding hydrogens is 609 g/mol. The molecule has 0 radical (unpaired) electrons. The maximum absolute atomic E-state index is 6.52. The zero-order valence-electron chi connectivity index (χ0n) is 27.1. The van der Waals surface area contributed by atoms with Gasteiger partial charge in [0.05, 0.1) is 6.20 Å². The third-order valence-electron chi connectivity index (χ3n) is 9.93. The highest BCUT2D eigenvalue weighted by Crippen LogP contribution is 2.43. The number of rotatable bonds is 5. The summed E-state index contributed by atoms with van der Waals surface area (Å²) >= 11 is 0. The van der Waals surface area contributed by atoms with Crippen molar-refractivity contribution in [3.05, 3.63) is 182 Å². The van der Waals surface area contributed by atoms with Crippen LogP contribution in [0.3, 0.4) is 0 Å². The SMILES string of the molecule is c1ccc(-c2ccc(N(c3ccc(-c4ccc5ccc6ccc7ccccc7c6c5c4)cc3)c3cncc4c3oc3ccccc34)cc2)cc1. The van der Waals surface area contributed by atoms with E-state index in [4.69, 9.17) is 9.40 Å². The van der Waals surface area contributed by atoms with Crippen LogP contribution in [0.4, 0.5) is 17.1 Å². The molecule has 0 saturated heterocycles. The second-order valence-corrected chi connectivity index (χ2v) is 12.8. The maximum Gasteiger partial charge on any atom is 0.162 e. The fourth-order valence-electron chi connectivity index (χ4n) is 7.45. The van der Waals surface area contributed by atoms with E-state index >= 15 is 0 Å². The molecule has 0 aliphatic carbocycles. The van der Waals surface area contributed by atoms with Crippen molar-refractivity contribution in [3.63, 3.8) is 0 Å². The molecule has 0 N–H and O–H groups in total. The summed E-state index contributed by atoms with van der Waals surface area (Å²) < 4.78 is 6.52. The first-order chi connectivity index (χ1) is 24.8. The van der Waals surface area contributed by atoms with Crippen LogP contribution >= 0.6 is 0 Å². The first-order valence-electron chi connectivity index (χ1n) is 16.9. The van der Waals surface area contributed by atoms with E-state index in [1.807, 2.05) is 36.7 Å². The second-order valence-electron chi connectivity index (χ2n) is 12.8. The zero-order chi connectivity index (χ0) is 33.0. The molecule has 3 nitrogen and oxygen atoms in total. The minimum absolute atomic E-state index is 0.811. The number of fused-ring (bicyclic) bond motifs is 8. The Hall–Kier alpha value is -6.71. The Morgan fingerprint density at radius 2 is 0.960 bits per heavy atom. The van der Waals surface area contributed by atoms with Crippen LogP contribution in [-0.2, 0) is 0 Å². The van der Waals surface area contributed by atoms with Crippen LogP contribution in [0.25, 0.3) is 76.5 Å². The highest BCUT2D eigenvalue weighted by Gasteiger charge is 2.20. The number of benzene rings is 8. The normalized spacial score (nSPS) is 11.6. The Kier molecular flexibility index (Phi) is 6.49. The minimum Gasteiger partial charge on any atom is -0.454 e. The number of para-hydroxylation sites is 1. The number of nitrogens with zero attached hydrogens (tertiary/aromatic N) is 2. The first kappa shape index (κ1) is 28.3. The molecule has 2 heterocycles. The van der Waals surface area contributed by atoms with Gasteiger partial charge in [-0.2, -0.15) is 0 Å². The molecule has 2 aromatic heterocycles. The van der Waals surface area contributed by atoms with Crippen molar-refractivity contribution in [1.29, 1.82) is 0 Å².